The smallest absolute Gasteiger partial charge is 0.221 e. The van der Waals surface area contributed by atoms with Gasteiger partial charge in [-0.05, 0) is 81.5 Å². The van der Waals surface area contributed by atoms with Crippen molar-refractivity contribution in [1.82, 2.24) is 0 Å². The standard InChI is InChI=1S/C9H22O3S2.3C8H19FS/c1-5-6-7-8-9-13(2,3)12-14(4,10)11;3*1-4-5-6-7-8-10(2,3)9/h5-9H2,1-4H3;3*4-8H2,1-3H3. The zero-order valence-electron chi connectivity index (χ0n) is 31.5. The van der Waals surface area contributed by atoms with Crippen molar-refractivity contribution < 1.29 is 23.7 Å². The first-order valence-electron chi connectivity index (χ1n) is 16.8. The summed E-state index contributed by atoms with van der Waals surface area (Å²) in [7, 11) is -9.81. The van der Waals surface area contributed by atoms with E-state index in [1.807, 2.05) is 12.5 Å². The lowest BCUT2D eigenvalue weighted by Gasteiger charge is -2.28. The van der Waals surface area contributed by atoms with E-state index in [9.17, 15) is 20.1 Å². The molecule has 0 rings (SSSR count). The highest BCUT2D eigenvalue weighted by atomic mass is 32.3. The van der Waals surface area contributed by atoms with Gasteiger partial charge >= 0.3 is 0 Å². The van der Waals surface area contributed by atoms with Gasteiger partial charge in [0, 0.05) is 17.3 Å². The summed E-state index contributed by atoms with van der Waals surface area (Å²) in [6.45, 7) is 8.68. The molecule has 0 radical (unpaired) electrons. The highest BCUT2D eigenvalue weighted by Crippen LogP contribution is 2.44. The third kappa shape index (κ3) is 62.0. The second kappa shape index (κ2) is 30.2. The van der Waals surface area contributed by atoms with Gasteiger partial charge in [-0.15, -0.1) is 10.3 Å². The molecule has 0 bridgehead atoms. The van der Waals surface area contributed by atoms with Gasteiger partial charge in [0.05, 0.1) is 6.26 Å². The fourth-order valence-electron chi connectivity index (χ4n) is 3.86. The molecular formula is C33H79F3O3S5. The van der Waals surface area contributed by atoms with Crippen LogP contribution in [0.2, 0.25) is 0 Å². The molecule has 11 heteroatoms. The first-order valence-corrected chi connectivity index (χ1v) is 28.7. The van der Waals surface area contributed by atoms with Gasteiger partial charge in [-0.1, -0.05) is 136 Å². The van der Waals surface area contributed by atoms with E-state index in [1.165, 1.54) is 77.0 Å². The first kappa shape index (κ1) is 51.9. The maximum atomic E-state index is 12.9. The molecule has 0 aliphatic rings. The van der Waals surface area contributed by atoms with Gasteiger partial charge in [-0.2, -0.15) is 20.1 Å². The largest absolute Gasteiger partial charge is 0.273 e. The number of halogens is 3. The van der Waals surface area contributed by atoms with Gasteiger partial charge < -0.3 is 0 Å². The number of rotatable bonds is 22. The molecule has 0 heterocycles. The molecule has 0 spiro atoms. The second-order valence-corrected chi connectivity index (χ2v) is 28.4. The van der Waals surface area contributed by atoms with Crippen molar-refractivity contribution in [3.63, 3.8) is 0 Å². The Morgan fingerprint density at radius 1 is 0.386 bits per heavy atom. The van der Waals surface area contributed by atoms with Crippen molar-refractivity contribution in [2.75, 3.05) is 79.3 Å². The Labute approximate surface area is 283 Å². The summed E-state index contributed by atoms with van der Waals surface area (Å²) in [6.07, 6.45) is 34.3. The van der Waals surface area contributed by atoms with Crippen LogP contribution in [-0.4, -0.2) is 87.7 Å². The molecule has 0 N–H and O–H groups in total. The van der Waals surface area contributed by atoms with Crippen LogP contribution in [0.4, 0.5) is 11.7 Å². The van der Waals surface area contributed by atoms with Gasteiger partial charge in [0.25, 0.3) is 10.1 Å². The highest BCUT2D eigenvalue weighted by Gasteiger charge is 2.18. The van der Waals surface area contributed by atoms with E-state index in [4.69, 9.17) is 3.63 Å². The quantitative estimate of drug-likeness (QED) is 0.104. The molecule has 0 saturated carbocycles. The zero-order chi connectivity index (χ0) is 35.3. The van der Waals surface area contributed by atoms with Crippen LogP contribution in [0, 0.1) is 0 Å². The molecule has 0 aliphatic heterocycles. The average Bonchev–Trinajstić information content (AvgIpc) is 2.83. The van der Waals surface area contributed by atoms with Crippen molar-refractivity contribution in [3.05, 3.63) is 0 Å². The third-order valence-electron chi connectivity index (χ3n) is 6.25. The molecular weight excluding hydrogens is 662 g/mol. The SMILES string of the molecule is CCCCCCS(C)(C)F.CCCCCCS(C)(C)F.CCCCCCS(C)(C)F.CCCCCCS(C)(C)OS(C)(=O)=O. The second-order valence-electron chi connectivity index (χ2n) is 13.5. The summed E-state index contributed by atoms with van der Waals surface area (Å²) in [4.78, 5) is 0. The fraction of sp³-hybridized carbons (Fsp3) is 1.00. The average molecular weight is 741 g/mol. The molecule has 0 saturated heterocycles. The van der Waals surface area contributed by atoms with E-state index in [0.717, 1.165) is 55.0 Å². The van der Waals surface area contributed by atoms with Crippen LogP contribution >= 0.6 is 41.6 Å². The zero-order valence-corrected chi connectivity index (χ0v) is 35.6. The summed E-state index contributed by atoms with van der Waals surface area (Å²) in [6, 6.07) is 0. The normalized spacial score (nSPS) is 13.8. The minimum absolute atomic E-state index is 0.799. The molecule has 44 heavy (non-hydrogen) atoms. The fourth-order valence-corrected chi connectivity index (χ4v) is 10.4. The summed E-state index contributed by atoms with van der Waals surface area (Å²) < 4.78 is 65.6. The minimum Gasteiger partial charge on any atom is -0.221 e. The first-order chi connectivity index (χ1) is 19.9. The van der Waals surface area contributed by atoms with Gasteiger partial charge in [-0.25, -0.2) is 3.63 Å². The monoisotopic (exact) mass is 740 g/mol. The lowest BCUT2D eigenvalue weighted by molar-refractivity contribution is 0.518. The van der Waals surface area contributed by atoms with Gasteiger partial charge in [0.15, 0.2) is 0 Å². The van der Waals surface area contributed by atoms with Crippen molar-refractivity contribution in [3.8, 4) is 0 Å². The molecule has 0 aromatic heterocycles. The molecule has 0 unspecified atom stereocenters. The third-order valence-corrected chi connectivity index (χ3v) is 13.8. The maximum Gasteiger partial charge on any atom is 0.273 e. The molecule has 3 nitrogen and oxygen atoms in total. The van der Waals surface area contributed by atoms with E-state index >= 15 is 0 Å². The highest BCUT2D eigenvalue weighted by molar-refractivity contribution is 8.32. The number of hydrogen-bond donors (Lipinski definition) is 0. The summed E-state index contributed by atoms with van der Waals surface area (Å²) >= 11 is 0. The van der Waals surface area contributed by atoms with Crippen LogP contribution in [0.5, 0.6) is 0 Å². The van der Waals surface area contributed by atoms with Crippen LogP contribution in [0.1, 0.15) is 130 Å². The molecule has 0 aliphatic carbocycles. The topological polar surface area (TPSA) is 43.4 Å². The molecule has 280 valence electrons. The van der Waals surface area contributed by atoms with E-state index in [0.29, 0.717) is 0 Å². The van der Waals surface area contributed by atoms with Crippen LogP contribution in [0.25, 0.3) is 0 Å². The Hall–Kier alpha value is 1.10. The minimum atomic E-state index is -3.29. The Bertz CT molecular complexity index is 651. The van der Waals surface area contributed by atoms with Crippen molar-refractivity contribution in [2.45, 2.75) is 130 Å². The predicted octanol–water partition coefficient (Wildman–Crippen LogP) is 13.1. The predicted molar refractivity (Wildman–Crippen MR) is 213 cm³/mol. The van der Waals surface area contributed by atoms with Crippen LogP contribution < -0.4 is 0 Å². The van der Waals surface area contributed by atoms with Crippen molar-refractivity contribution >= 4 is 51.7 Å². The summed E-state index contributed by atoms with van der Waals surface area (Å²) in [5.41, 5.74) is 0. The van der Waals surface area contributed by atoms with Gasteiger partial charge in [0.1, 0.15) is 0 Å². The lowest BCUT2D eigenvalue weighted by atomic mass is 10.2. The maximum absolute atomic E-state index is 12.9. The van der Waals surface area contributed by atoms with Crippen LogP contribution in [-0.2, 0) is 13.7 Å². The molecule has 0 aromatic carbocycles. The van der Waals surface area contributed by atoms with E-state index in [-0.39, 0.29) is 0 Å². The van der Waals surface area contributed by atoms with Crippen molar-refractivity contribution in [2.24, 2.45) is 0 Å². The van der Waals surface area contributed by atoms with Crippen molar-refractivity contribution in [1.29, 1.82) is 0 Å². The summed E-state index contributed by atoms with van der Waals surface area (Å²) in [5.74, 6) is 3.27. The van der Waals surface area contributed by atoms with Crippen LogP contribution in [0.3, 0.4) is 0 Å². The summed E-state index contributed by atoms with van der Waals surface area (Å²) in [5, 5.41) is 0. The van der Waals surface area contributed by atoms with Gasteiger partial charge in [-0.3, -0.25) is 0 Å². The Balaban J connectivity index is -0.000000245. The van der Waals surface area contributed by atoms with Gasteiger partial charge in [0.2, 0.25) is 0 Å². The Kier molecular flexibility index (Phi) is 35.6. The molecule has 0 fully saturated rings. The molecule has 0 aromatic rings. The number of hydrogen-bond acceptors (Lipinski definition) is 3. The molecule has 0 atom stereocenters. The van der Waals surface area contributed by atoms with E-state index < -0.39 is 51.7 Å². The Morgan fingerprint density at radius 3 is 0.795 bits per heavy atom. The Morgan fingerprint density at radius 2 is 0.614 bits per heavy atom. The number of unbranched alkanes of at least 4 members (excludes halogenated alkanes) is 12. The lowest BCUT2D eigenvalue weighted by Crippen LogP contribution is -2.11. The molecule has 0 amide bonds. The van der Waals surface area contributed by atoms with E-state index in [2.05, 4.69) is 27.7 Å². The van der Waals surface area contributed by atoms with Crippen LogP contribution in [0.15, 0.2) is 0 Å². The van der Waals surface area contributed by atoms with E-state index in [1.54, 1.807) is 37.5 Å².